The van der Waals surface area contributed by atoms with Gasteiger partial charge in [0.2, 0.25) is 10.0 Å². The highest BCUT2D eigenvalue weighted by molar-refractivity contribution is 7.89. The molecule has 1 aliphatic heterocycles. The number of nitrogens with zero attached hydrogens (tertiary/aromatic N) is 6. The van der Waals surface area contributed by atoms with Crippen LogP contribution in [0.15, 0.2) is 23.4 Å². The zero-order valence-corrected chi connectivity index (χ0v) is 20.6. The Morgan fingerprint density at radius 2 is 2.00 bits per heavy atom. The number of sulfonamides is 1. The van der Waals surface area contributed by atoms with Gasteiger partial charge in [0.15, 0.2) is 15.7 Å². The van der Waals surface area contributed by atoms with Gasteiger partial charge in [0.1, 0.15) is 16.1 Å². The van der Waals surface area contributed by atoms with E-state index in [1.54, 1.807) is 10.5 Å². The topological polar surface area (TPSA) is 137 Å². The number of pyridine rings is 1. The van der Waals surface area contributed by atoms with Crippen molar-refractivity contribution < 1.29 is 22.3 Å². The molecule has 1 saturated heterocycles. The van der Waals surface area contributed by atoms with Gasteiger partial charge in [0.25, 0.3) is 6.43 Å². The Hall–Kier alpha value is -2.73. The van der Waals surface area contributed by atoms with E-state index in [0.29, 0.717) is 43.0 Å². The van der Waals surface area contributed by atoms with Crippen LogP contribution in [0.5, 0.6) is 0 Å². The first-order valence-corrected chi connectivity index (χ1v) is 14.0. The van der Waals surface area contributed by atoms with Gasteiger partial charge in [-0.2, -0.15) is 9.98 Å². The number of alkyl halides is 2. The van der Waals surface area contributed by atoms with Crippen LogP contribution in [0, 0.1) is 29.1 Å². The third-order valence-corrected chi connectivity index (χ3v) is 10.0. The molecular formula is C22H23F2N7O3S2. The monoisotopic (exact) mass is 535 g/mol. The number of rotatable bonds is 7. The van der Waals surface area contributed by atoms with Crippen molar-refractivity contribution in [2.45, 2.75) is 42.5 Å². The van der Waals surface area contributed by atoms with Crippen LogP contribution in [0.25, 0.3) is 16.3 Å². The fraction of sp³-hybridized carbons (Fsp3) is 0.545. The Labute approximate surface area is 209 Å². The van der Waals surface area contributed by atoms with Crippen molar-refractivity contribution in [3.8, 4) is 16.8 Å². The summed E-state index contributed by atoms with van der Waals surface area (Å²) < 4.78 is 57.1. The maximum atomic E-state index is 13.4. The summed E-state index contributed by atoms with van der Waals surface area (Å²) in [5.74, 6) is 0.791. The van der Waals surface area contributed by atoms with E-state index < -0.39 is 27.0 Å². The first-order valence-electron chi connectivity index (χ1n) is 11.7. The number of nitrogens with one attached hydrogen (secondary N) is 1. The molecule has 2 atom stereocenters. The maximum absolute atomic E-state index is 13.4. The van der Waals surface area contributed by atoms with Crippen LogP contribution < -0.4 is 9.62 Å². The Kier molecular flexibility index (Phi) is 5.52. The van der Waals surface area contributed by atoms with Crippen LogP contribution in [0.4, 0.5) is 14.5 Å². The number of hydrogen-bond donors (Lipinski definition) is 2. The van der Waals surface area contributed by atoms with E-state index in [1.165, 1.54) is 12.4 Å². The fourth-order valence-corrected chi connectivity index (χ4v) is 7.62. The number of aliphatic hydroxyl groups excluding tert-OH is 1. The van der Waals surface area contributed by atoms with E-state index in [4.69, 9.17) is 0 Å². The lowest BCUT2D eigenvalue weighted by Crippen LogP contribution is -2.43. The lowest BCUT2D eigenvalue weighted by Gasteiger charge is -2.38. The normalized spacial score (nSPS) is 25.0. The number of imidazole rings is 1. The predicted octanol–water partition coefficient (Wildman–Crippen LogP) is 2.58. The number of piperidine rings is 1. The molecule has 2 saturated carbocycles. The van der Waals surface area contributed by atoms with Gasteiger partial charge in [-0.1, -0.05) is 11.3 Å². The Bertz CT molecular complexity index is 1460. The third kappa shape index (κ3) is 3.85. The van der Waals surface area contributed by atoms with Crippen LogP contribution in [0.3, 0.4) is 0 Å². The SMILES string of the molecule is N#CC1(NS(=O)(=O)c2cc(N3CC4CCC(C3)C4CO)c3ncc(-c4nnc(C(F)F)s4)n3c2)CC1. The smallest absolute Gasteiger partial charge is 0.291 e. The fourth-order valence-electron chi connectivity index (χ4n) is 5.52. The second kappa shape index (κ2) is 8.41. The van der Waals surface area contributed by atoms with Crippen molar-refractivity contribution >= 4 is 32.7 Å². The largest absolute Gasteiger partial charge is 0.396 e. The second-order valence-electron chi connectivity index (χ2n) is 9.79. The molecule has 2 N–H and O–H groups in total. The van der Waals surface area contributed by atoms with Gasteiger partial charge < -0.3 is 10.0 Å². The van der Waals surface area contributed by atoms with E-state index in [0.717, 1.165) is 24.2 Å². The predicted molar refractivity (Wildman–Crippen MR) is 126 cm³/mol. The summed E-state index contributed by atoms with van der Waals surface area (Å²) >= 11 is 0.723. The van der Waals surface area contributed by atoms with Crippen LogP contribution in [0.1, 0.15) is 37.1 Å². The second-order valence-corrected chi connectivity index (χ2v) is 12.5. The van der Waals surface area contributed by atoms with Crippen molar-refractivity contribution in [2.24, 2.45) is 17.8 Å². The van der Waals surface area contributed by atoms with Crippen LogP contribution in [-0.2, 0) is 10.0 Å². The molecular weight excluding hydrogens is 512 g/mol. The summed E-state index contributed by atoms with van der Waals surface area (Å²) in [4.78, 5) is 6.56. The van der Waals surface area contributed by atoms with E-state index in [1.807, 2.05) is 6.07 Å². The molecule has 2 unspecified atom stereocenters. The summed E-state index contributed by atoms with van der Waals surface area (Å²) in [6.07, 6.45) is 2.96. The molecule has 4 heterocycles. The molecule has 14 heteroatoms. The van der Waals surface area contributed by atoms with E-state index in [9.17, 15) is 27.6 Å². The molecule has 36 heavy (non-hydrogen) atoms. The van der Waals surface area contributed by atoms with Gasteiger partial charge in [-0.05, 0) is 49.5 Å². The van der Waals surface area contributed by atoms with Gasteiger partial charge in [-0.3, -0.25) is 4.40 Å². The summed E-state index contributed by atoms with van der Waals surface area (Å²) in [5.41, 5.74) is 0.316. The summed E-state index contributed by atoms with van der Waals surface area (Å²) in [6.45, 7) is 1.42. The number of anilines is 1. The average Bonchev–Trinajstić information content (AvgIpc) is 3.17. The van der Waals surface area contributed by atoms with Gasteiger partial charge in [-0.15, -0.1) is 10.2 Å². The number of aliphatic hydroxyl groups is 1. The van der Waals surface area contributed by atoms with Crippen molar-refractivity contribution in [1.82, 2.24) is 24.3 Å². The van der Waals surface area contributed by atoms with Crippen molar-refractivity contribution in [3.05, 3.63) is 23.5 Å². The molecule has 2 bridgehead atoms. The molecule has 10 nitrogen and oxygen atoms in total. The van der Waals surface area contributed by atoms with Crippen LogP contribution in [0.2, 0.25) is 0 Å². The Balaban J connectivity index is 1.48. The van der Waals surface area contributed by atoms with Gasteiger partial charge in [-0.25, -0.2) is 22.2 Å². The standard InChI is InChI=1S/C22H23F2N7O3S2/c23-18(24)21-28-27-20(35-21)17-6-26-19-16(30-7-12-1-2-13(8-30)15(12)10-32)5-14(9-31(17)19)36(33,34)29-22(11-25)3-4-22/h5-6,9,12-13,15,18,29,32H,1-4,7-8,10H2. The molecule has 3 fully saturated rings. The lowest BCUT2D eigenvalue weighted by atomic mass is 9.85. The highest BCUT2D eigenvalue weighted by Gasteiger charge is 2.47. The highest BCUT2D eigenvalue weighted by Crippen LogP contribution is 2.44. The van der Waals surface area contributed by atoms with Crippen molar-refractivity contribution in [1.29, 1.82) is 5.26 Å². The number of fused-ring (bicyclic) bond motifs is 3. The summed E-state index contributed by atoms with van der Waals surface area (Å²) in [7, 11) is -4.07. The summed E-state index contributed by atoms with van der Waals surface area (Å²) in [5, 5.41) is 26.5. The summed E-state index contributed by atoms with van der Waals surface area (Å²) in [6, 6.07) is 3.60. The highest BCUT2D eigenvalue weighted by atomic mass is 32.2. The molecule has 0 aromatic carbocycles. The van der Waals surface area contributed by atoms with E-state index in [2.05, 4.69) is 24.8 Å². The number of aromatic nitrogens is 4. The Morgan fingerprint density at radius 1 is 1.28 bits per heavy atom. The molecule has 0 radical (unpaired) electrons. The number of halogens is 2. The van der Waals surface area contributed by atoms with Gasteiger partial charge in [0.05, 0.1) is 18.0 Å². The zero-order chi connectivity index (χ0) is 25.2. The molecule has 3 aromatic rings. The third-order valence-electron chi connectivity index (χ3n) is 7.59. The maximum Gasteiger partial charge on any atom is 0.291 e. The number of hydrogen-bond acceptors (Lipinski definition) is 9. The zero-order valence-electron chi connectivity index (χ0n) is 19.0. The molecule has 3 aliphatic rings. The lowest BCUT2D eigenvalue weighted by molar-refractivity contribution is 0.147. The molecule has 0 spiro atoms. The Morgan fingerprint density at radius 3 is 2.58 bits per heavy atom. The van der Waals surface area contributed by atoms with Crippen LogP contribution >= 0.6 is 11.3 Å². The van der Waals surface area contributed by atoms with E-state index in [-0.39, 0.29) is 34.3 Å². The minimum atomic E-state index is -4.07. The quantitative estimate of drug-likeness (QED) is 0.471. The molecule has 0 amide bonds. The van der Waals surface area contributed by atoms with Gasteiger partial charge in [0, 0.05) is 25.9 Å². The minimum Gasteiger partial charge on any atom is -0.396 e. The molecule has 3 aromatic heterocycles. The van der Waals surface area contributed by atoms with Crippen molar-refractivity contribution in [2.75, 3.05) is 24.6 Å². The molecule has 6 rings (SSSR count). The average molecular weight is 536 g/mol. The molecule has 190 valence electrons. The van der Waals surface area contributed by atoms with Crippen LogP contribution in [-0.4, -0.2) is 58.3 Å². The van der Waals surface area contributed by atoms with E-state index >= 15 is 0 Å². The van der Waals surface area contributed by atoms with Crippen molar-refractivity contribution in [3.63, 3.8) is 0 Å². The molecule has 2 aliphatic carbocycles. The first kappa shape index (κ1) is 23.7. The van der Waals surface area contributed by atoms with Gasteiger partial charge >= 0.3 is 0 Å². The first-order chi connectivity index (χ1) is 17.2. The number of nitriles is 1. The minimum absolute atomic E-state index is 0.0546.